The Kier molecular flexibility index (Phi) is 6.37. The molecule has 122 valence electrons. The zero-order valence-corrected chi connectivity index (χ0v) is 13.5. The molecule has 1 aromatic rings. The zero-order chi connectivity index (χ0) is 16.8. The lowest BCUT2D eigenvalue weighted by molar-refractivity contribution is -0.871. The molecule has 0 aliphatic carbocycles. The second-order valence-corrected chi connectivity index (χ2v) is 6.39. The van der Waals surface area contributed by atoms with E-state index >= 15 is 0 Å². The van der Waals surface area contributed by atoms with Crippen LogP contribution in [0.4, 0.5) is 4.79 Å². The van der Waals surface area contributed by atoms with E-state index in [1.165, 1.54) is 6.92 Å². The summed E-state index contributed by atoms with van der Waals surface area (Å²) in [5.74, 6) is -2.00. The van der Waals surface area contributed by atoms with Gasteiger partial charge in [-0.25, -0.2) is 4.79 Å². The van der Waals surface area contributed by atoms with Gasteiger partial charge >= 0.3 is 6.09 Å². The van der Waals surface area contributed by atoms with Crippen molar-refractivity contribution in [1.29, 1.82) is 0 Å². The van der Waals surface area contributed by atoms with Gasteiger partial charge in [-0.1, -0.05) is 37.3 Å². The third-order valence-corrected chi connectivity index (χ3v) is 3.24. The summed E-state index contributed by atoms with van der Waals surface area (Å²) in [6.45, 7) is 2.12. The third kappa shape index (κ3) is 6.58. The average molecular weight is 308 g/mol. The fourth-order valence-corrected chi connectivity index (χ4v) is 2.00. The summed E-state index contributed by atoms with van der Waals surface area (Å²) in [6.07, 6.45) is -0.629. The molecular weight excluding hydrogens is 284 g/mol. The zero-order valence-electron chi connectivity index (χ0n) is 13.5. The molecule has 0 spiro atoms. The highest BCUT2D eigenvalue weighted by atomic mass is 16.5. The standard InChI is InChI=1S/C16H24N2O4/c1-12(15(19)20)14(10-18(2,3)4)17-16(21)22-11-13-8-6-5-7-9-13/h5-9,12,14H,10-11H2,1-4H3,(H-,17,19,20,21)/t12?,14-/m0/s1. The Morgan fingerprint density at radius 2 is 1.82 bits per heavy atom. The minimum absolute atomic E-state index is 0.142. The molecule has 0 aliphatic rings. The molecule has 1 amide bonds. The Labute approximate surface area is 131 Å². The summed E-state index contributed by atoms with van der Waals surface area (Å²) >= 11 is 0. The maximum absolute atomic E-state index is 11.9. The van der Waals surface area contributed by atoms with Crippen molar-refractivity contribution < 1.29 is 23.9 Å². The minimum atomic E-state index is -1.19. The van der Waals surface area contributed by atoms with Gasteiger partial charge in [0.25, 0.3) is 0 Å². The van der Waals surface area contributed by atoms with E-state index in [0.717, 1.165) is 5.56 Å². The van der Waals surface area contributed by atoms with Crippen molar-refractivity contribution in [3.05, 3.63) is 35.9 Å². The summed E-state index contributed by atoms with van der Waals surface area (Å²) in [5, 5.41) is 13.7. The van der Waals surface area contributed by atoms with Crippen LogP contribution in [-0.4, -0.2) is 50.3 Å². The summed E-state index contributed by atoms with van der Waals surface area (Å²) < 4.78 is 5.65. The number of alkyl carbamates (subject to hydrolysis) is 1. The summed E-state index contributed by atoms with van der Waals surface area (Å²) in [5.41, 5.74) is 0.869. The molecule has 1 N–H and O–H groups in total. The number of ether oxygens (including phenoxy) is 1. The molecule has 0 heterocycles. The fourth-order valence-electron chi connectivity index (χ4n) is 2.00. The number of carboxylic acids is 1. The third-order valence-electron chi connectivity index (χ3n) is 3.24. The molecule has 6 nitrogen and oxygen atoms in total. The molecule has 1 rings (SSSR count). The van der Waals surface area contributed by atoms with Crippen LogP contribution in [0.15, 0.2) is 30.3 Å². The van der Waals surface area contributed by atoms with Gasteiger partial charge in [-0.2, -0.15) is 0 Å². The van der Waals surface area contributed by atoms with Crippen LogP contribution in [0.5, 0.6) is 0 Å². The smallest absolute Gasteiger partial charge is 0.407 e. The van der Waals surface area contributed by atoms with Crippen LogP contribution >= 0.6 is 0 Å². The largest absolute Gasteiger partial charge is 0.550 e. The van der Waals surface area contributed by atoms with E-state index in [1.807, 2.05) is 51.5 Å². The van der Waals surface area contributed by atoms with E-state index in [2.05, 4.69) is 5.32 Å². The molecule has 22 heavy (non-hydrogen) atoms. The highest BCUT2D eigenvalue weighted by Crippen LogP contribution is 2.08. The number of nitrogens with one attached hydrogen (secondary N) is 1. The van der Waals surface area contributed by atoms with Crippen molar-refractivity contribution in [2.75, 3.05) is 27.7 Å². The quantitative estimate of drug-likeness (QED) is 0.738. The molecule has 0 fully saturated rings. The van der Waals surface area contributed by atoms with Crippen LogP contribution in [0.2, 0.25) is 0 Å². The molecule has 0 saturated heterocycles. The molecule has 0 saturated carbocycles. The molecular formula is C16H24N2O4. The monoisotopic (exact) mass is 308 g/mol. The topological polar surface area (TPSA) is 78.5 Å². The first kappa shape index (κ1) is 18.0. The molecule has 0 aromatic heterocycles. The number of hydrogen-bond acceptors (Lipinski definition) is 4. The molecule has 1 aromatic carbocycles. The van der Waals surface area contributed by atoms with Crippen LogP contribution in [0.25, 0.3) is 0 Å². The fraction of sp³-hybridized carbons (Fsp3) is 0.500. The maximum Gasteiger partial charge on any atom is 0.407 e. The molecule has 0 radical (unpaired) electrons. The normalized spacial score (nSPS) is 14.0. The number of hydrogen-bond donors (Lipinski definition) is 1. The van der Waals surface area contributed by atoms with E-state index in [9.17, 15) is 14.7 Å². The number of quaternary nitrogens is 1. The van der Waals surface area contributed by atoms with E-state index in [0.29, 0.717) is 11.0 Å². The average Bonchev–Trinajstić information content (AvgIpc) is 2.43. The molecule has 1 unspecified atom stereocenters. The summed E-state index contributed by atoms with van der Waals surface area (Å²) in [4.78, 5) is 23.0. The van der Waals surface area contributed by atoms with Crippen LogP contribution in [0, 0.1) is 5.92 Å². The van der Waals surface area contributed by atoms with Gasteiger partial charge < -0.3 is 24.4 Å². The van der Waals surface area contributed by atoms with Gasteiger partial charge in [0.1, 0.15) is 6.61 Å². The Morgan fingerprint density at radius 3 is 2.32 bits per heavy atom. The van der Waals surface area contributed by atoms with Crippen molar-refractivity contribution in [3.63, 3.8) is 0 Å². The number of carboxylic acid groups (broad SMARTS) is 1. The highest BCUT2D eigenvalue weighted by molar-refractivity contribution is 5.71. The number of benzene rings is 1. The van der Waals surface area contributed by atoms with E-state index in [-0.39, 0.29) is 6.61 Å². The SMILES string of the molecule is CC(C(=O)[O-])[C@H](C[N+](C)(C)C)NC(=O)OCc1ccccc1. The van der Waals surface area contributed by atoms with Crippen molar-refractivity contribution >= 4 is 12.1 Å². The van der Waals surface area contributed by atoms with Crippen molar-refractivity contribution in [2.45, 2.75) is 19.6 Å². The second-order valence-electron chi connectivity index (χ2n) is 6.39. The van der Waals surface area contributed by atoms with Gasteiger partial charge in [0, 0.05) is 11.9 Å². The Morgan fingerprint density at radius 1 is 1.23 bits per heavy atom. The first-order valence-electron chi connectivity index (χ1n) is 7.17. The van der Waals surface area contributed by atoms with Crippen LogP contribution in [-0.2, 0) is 16.1 Å². The van der Waals surface area contributed by atoms with Crippen molar-refractivity contribution in [2.24, 2.45) is 5.92 Å². The van der Waals surface area contributed by atoms with E-state index in [4.69, 9.17) is 4.74 Å². The van der Waals surface area contributed by atoms with Crippen molar-refractivity contribution in [1.82, 2.24) is 5.32 Å². The van der Waals surface area contributed by atoms with Crippen LogP contribution in [0.1, 0.15) is 12.5 Å². The number of carbonyl (C=O) groups excluding carboxylic acids is 2. The lowest BCUT2D eigenvalue weighted by atomic mass is 10.0. The predicted molar refractivity (Wildman–Crippen MR) is 80.6 cm³/mol. The first-order chi connectivity index (χ1) is 10.2. The van der Waals surface area contributed by atoms with Crippen LogP contribution in [0.3, 0.4) is 0 Å². The molecule has 6 heteroatoms. The van der Waals surface area contributed by atoms with Gasteiger partial charge in [-0.05, 0) is 5.56 Å². The molecule has 0 bridgehead atoms. The van der Waals surface area contributed by atoms with E-state index in [1.54, 1.807) is 0 Å². The lowest BCUT2D eigenvalue weighted by Gasteiger charge is -2.32. The van der Waals surface area contributed by atoms with Gasteiger partial charge in [-0.3, -0.25) is 0 Å². The predicted octanol–water partition coefficient (Wildman–Crippen LogP) is 0.374. The number of likely N-dealkylation sites (N-methyl/N-ethyl adjacent to an activating group) is 1. The van der Waals surface area contributed by atoms with Crippen LogP contribution < -0.4 is 10.4 Å². The first-order valence-corrected chi connectivity index (χ1v) is 7.17. The van der Waals surface area contributed by atoms with Gasteiger partial charge in [0.2, 0.25) is 0 Å². The number of carbonyl (C=O) groups is 2. The summed E-state index contributed by atoms with van der Waals surface area (Å²) in [7, 11) is 5.77. The van der Waals surface area contributed by atoms with Crippen molar-refractivity contribution in [3.8, 4) is 0 Å². The molecule has 0 aliphatic heterocycles. The van der Waals surface area contributed by atoms with E-state index < -0.39 is 24.0 Å². The Hall–Kier alpha value is -2.08. The Balaban J connectivity index is 2.60. The lowest BCUT2D eigenvalue weighted by Crippen LogP contribution is -2.55. The number of rotatable bonds is 7. The second kappa shape index (κ2) is 7.79. The minimum Gasteiger partial charge on any atom is -0.550 e. The molecule has 2 atom stereocenters. The Bertz CT molecular complexity index is 497. The number of aliphatic carboxylic acids is 1. The summed E-state index contributed by atoms with van der Waals surface area (Å²) in [6, 6.07) is 8.72. The number of nitrogens with zero attached hydrogens (tertiary/aromatic N) is 1. The van der Waals surface area contributed by atoms with Gasteiger partial charge in [-0.15, -0.1) is 0 Å². The number of amides is 1. The highest BCUT2D eigenvalue weighted by Gasteiger charge is 2.27. The maximum atomic E-state index is 11.9. The van der Waals surface area contributed by atoms with Gasteiger partial charge in [0.05, 0.1) is 33.7 Å². The van der Waals surface area contributed by atoms with Gasteiger partial charge in [0.15, 0.2) is 0 Å².